The Bertz CT molecular complexity index is 1050. The van der Waals surface area contributed by atoms with Gasteiger partial charge in [-0.15, -0.1) is 0 Å². The molecule has 0 radical (unpaired) electrons. The van der Waals surface area contributed by atoms with Crippen LogP contribution in [0.2, 0.25) is 0 Å². The monoisotopic (exact) mass is 392 g/mol. The molecule has 148 valence electrons. The van der Waals surface area contributed by atoms with Crippen LogP contribution >= 0.6 is 0 Å². The van der Waals surface area contributed by atoms with Crippen LogP contribution in [0.5, 0.6) is 23.3 Å². The second-order valence-electron chi connectivity index (χ2n) is 6.16. The third kappa shape index (κ3) is 4.90. The molecule has 1 aromatic heterocycles. The van der Waals surface area contributed by atoms with Gasteiger partial charge in [-0.1, -0.05) is 24.3 Å². The standard InChI is InChI=1S/C22H20N2O5/c1-14-12-23-22(24-13-14)29-17-8-6-7-16(11-17)28-19-10-5-4-9-18(19)20(21(25)26)15(2)27-3/h4-13H,1-3H3,(H,25,26). The van der Waals surface area contributed by atoms with E-state index in [0.717, 1.165) is 5.56 Å². The summed E-state index contributed by atoms with van der Waals surface area (Å²) in [5, 5.41) is 9.62. The van der Waals surface area contributed by atoms with Crippen LogP contribution in [0, 0.1) is 6.92 Å². The Morgan fingerprint density at radius 2 is 1.62 bits per heavy atom. The van der Waals surface area contributed by atoms with Gasteiger partial charge in [0.15, 0.2) is 0 Å². The Balaban J connectivity index is 1.89. The molecule has 7 nitrogen and oxygen atoms in total. The van der Waals surface area contributed by atoms with Crippen LogP contribution in [0.3, 0.4) is 0 Å². The number of hydrogen-bond acceptors (Lipinski definition) is 6. The molecule has 0 unspecified atom stereocenters. The van der Waals surface area contributed by atoms with Crippen LogP contribution in [-0.4, -0.2) is 28.2 Å². The maximum Gasteiger partial charge on any atom is 0.339 e. The average molecular weight is 392 g/mol. The van der Waals surface area contributed by atoms with Crippen molar-refractivity contribution in [3.05, 3.63) is 77.8 Å². The molecular formula is C22H20N2O5. The van der Waals surface area contributed by atoms with Gasteiger partial charge in [-0.2, -0.15) is 0 Å². The molecule has 0 bridgehead atoms. The highest BCUT2D eigenvalue weighted by atomic mass is 16.5. The van der Waals surface area contributed by atoms with Crippen LogP contribution in [0.4, 0.5) is 0 Å². The van der Waals surface area contributed by atoms with Gasteiger partial charge in [-0.25, -0.2) is 14.8 Å². The highest BCUT2D eigenvalue weighted by Gasteiger charge is 2.19. The molecule has 1 N–H and O–H groups in total. The van der Waals surface area contributed by atoms with Gasteiger partial charge in [0.2, 0.25) is 0 Å². The number of aliphatic carboxylic acids is 1. The minimum atomic E-state index is -1.10. The number of allylic oxidation sites excluding steroid dienone is 1. The van der Waals surface area contributed by atoms with E-state index in [1.54, 1.807) is 67.8 Å². The molecule has 0 spiro atoms. The Kier molecular flexibility index (Phi) is 6.09. The topological polar surface area (TPSA) is 90.8 Å². The Hall–Kier alpha value is -3.87. The minimum Gasteiger partial charge on any atom is -0.500 e. The molecule has 3 aromatic rings. The third-order valence-electron chi connectivity index (χ3n) is 4.03. The zero-order chi connectivity index (χ0) is 20.8. The summed E-state index contributed by atoms with van der Waals surface area (Å²) < 4.78 is 16.8. The van der Waals surface area contributed by atoms with E-state index < -0.39 is 5.97 Å². The van der Waals surface area contributed by atoms with Crippen LogP contribution in [-0.2, 0) is 9.53 Å². The number of methoxy groups -OCH3 is 1. The first-order chi connectivity index (χ1) is 14.0. The second kappa shape index (κ2) is 8.88. The van der Waals surface area contributed by atoms with E-state index in [0.29, 0.717) is 22.8 Å². The van der Waals surface area contributed by atoms with Gasteiger partial charge >= 0.3 is 12.0 Å². The average Bonchev–Trinajstić information content (AvgIpc) is 2.71. The molecular weight excluding hydrogens is 372 g/mol. The van der Waals surface area contributed by atoms with Crippen molar-refractivity contribution in [2.24, 2.45) is 0 Å². The fourth-order valence-corrected chi connectivity index (χ4v) is 2.59. The van der Waals surface area contributed by atoms with Gasteiger partial charge in [0, 0.05) is 24.0 Å². The van der Waals surface area contributed by atoms with Crippen molar-refractivity contribution in [2.75, 3.05) is 7.11 Å². The van der Waals surface area contributed by atoms with E-state index >= 15 is 0 Å². The van der Waals surface area contributed by atoms with Crippen molar-refractivity contribution in [1.82, 2.24) is 9.97 Å². The first-order valence-electron chi connectivity index (χ1n) is 8.80. The van der Waals surface area contributed by atoms with Gasteiger partial charge in [0.25, 0.3) is 0 Å². The molecule has 29 heavy (non-hydrogen) atoms. The number of nitrogens with zero attached hydrogens (tertiary/aromatic N) is 2. The molecule has 7 heteroatoms. The number of para-hydroxylation sites is 1. The van der Waals surface area contributed by atoms with E-state index in [4.69, 9.17) is 14.2 Å². The number of carbonyl (C=O) groups is 1. The summed E-state index contributed by atoms with van der Waals surface area (Å²) in [4.78, 5) is 20.0. The lowest BCUT2D eigenvalue weighted by molar-refractivity contribution is -0.130. The Labute approximate surface area is 168 Å². The zero-order valence-corrected chi connectivity index (χ0v) is 16.2. The van der Waals surface area contributed by atoms with Crippen molar-refractivity contribution < 1.29 is 24.1 Å². The van der Waals surface area contributed by atoms with Crippen molar-refractivity contribution in [3.8, 4) is 23.3 Å². The SMILES string of the molecule is COC(C)=C(C(=O)O)c1ccccc1Oc1cccc(Oc2ncc(C)cn2)c1. The minimum absolute atomic E-state index is 0.0311. The number of rotatable bonds is 7. The highest BCUT2D eigenvalue weighted by molar-refractivity contribution is 6.16. The van der Waals surface area contributed by atoms with Gasteiger partial charge < -0.3 is 19.3 Å². The lowest BCUT2D eigenvalue weighted by Crippen LogP contribution is -2.05. The van der Waals surface area contributed by atoms with Crippen molar-refractivity contribution in [1.29, 1.82) is 0 Å². The molecule has 0 atom stereocenters. The van der Waals surface area contributed by atoms with Gasteiger partial charge in [0.05, 0.1) is 7.11 Å². The first kappa shape index (κ1) is 19.9. The summed E-state index contributed by atoms with van der Waals surface area (Å²) in [6, 6.07) is 14.0. The smallest absolute Gasteiger partial charge is 0.339 e. The number of carboxylic acid groups (broad SMARTS) is 1. The molecule has 0 saturated carbocycles. The van der Waals surface area contributed by atoms with Gasteiger partial charge in [0.1, 0.15) is 28.6 Å². The van der Waals surface area contributed by atoms with Crippen LogP contribution in [0.1, 0.15) is 18.1 Å². The third-order valence-corrected chi connectivity index (χ3v) is 4.03. The van der Waals surface area contributed by atoms with E-state index in [2.05, 4.69) is 9.97 Å². The number of aromatic nitrogens is 2. The predicted octanol–water partition coefficient (Wildman–Crippen LogP) is 4.83. The molecule has 3 rings (SSSR count). The lowest BCUT2D eigenvalue weighted by Gasteiger charge is -2.14. The number of aryl methyl sites for hydroxylation is 1. The quantitative estimate of drug-likeness (QED) is 0.455. The number of ether oxygens (including phenoxy) is 3. The Morgan fingerprint density at radius 3 is 2.28 bits per heavy atom. The first-order valence-corrected chi connectivity index (χ1v) is 8.80. The van der Waals surface area contributed by atoms with Crippen LogP contribution in [0.25, 0.3) is 5.57 Å². The van der Waals surface area contributed by atoms with Crippen molar-refractivity contribution in [3.63, 3.8) is 0 Å². The van der Waals surface area contributed by atoms with Gasteiger partial charge in [-0.05, 0) is 37.6 Å². The van der Waals surface area contributed by atoms with E-state index in [1.807, 2.05) is 6.92 Å². The molecule has 0 aliphatic carbocycles. The summed E-state index contributed by atoms with van der Waals surface area (Å²) in [6.07, 6.45) is 3.33. The maximum absolute atomic E-state index is 11.8. The molecule has 0 fully saturated rings. The molecule has 1 heterocycles. The molecule has 0 aliphatic rings. The molecule has 2 aromatic carbocycles. The fourth-order valence-electron chi connectivity index (χ4n) is 2.59. The maximum atomic E-state index is 11.8. The summed E-state index contributed by atoms with van der Waals surface area (Å²) >= 11 is 0. The molecule has 0 saturated heterocycles. The number of hydrogen-bond donors (Lipinski definition) is 1. The normalized spacial score (nSPS) is 11.4. The summed E-state index contributed by atoms with van der Waals surface area (Å²) in [5.74, 6) is 0.522. The van der Waals surface area contributed by atoms with E-state index in [1.165, 1.54) is 7.11 Å². The number of benzene rings is 2. The van der Waals surface area contributed by atoms with E-state index in [-0.39, 0.29) is 17.3 Å². The molecule has 0 amide bonds. The Morgan fingerprint density at radius 1 is 0.966 bits per heavy atom. The largest absolute Gasteiger partial charge is 0.500 e. The van der Waals surface area contributed by atoms with Crippen molar-refractivity contribution in [2.45, 2.75) is 13.8 Å². The summed E-state index contributed by atoms with van der Waals surface area (Å²) in [6.45, 7) is 3.48. The van der Waals surface area contributed by atoms with Crippen LogP contribution < -0.4 is 9.47 Å². The lowest BCUT2D eigenvalue weighted by atomic mass is 10.0. The fraction of sp³-hybridized carbons (Fsp3) is 0.136. The van der Waals surface area contributed by atoms with E-state index in [9.17, 15) is 9.90 Å². The molecule has 0 aliphatic heterocycles. The number of carboxylic acids is 1. The summed E-state index contributed by atoms with van der Waals surface area (Å²) in [5.41, 5.74) is 1.37. The summed E-state index contributed by atoms with van der Waals surface area (Å²) in [7, 11) is 1.43. The highest BCUT2D eigenvalue weighted by Crippen LogP contribution is 2.33. The predicted molar refractivity (Wildman–Crippen MR) is 107 cm³/mol. The second-order valence-corrected chi connectivity index (χ2v) is 6.16. The zero-order valence-electron chi connectivity index (χ0n) is 16.2. The van der Waals surface area contributed by atoms with Crippen molar-refractivity contribution >= 4 is 11.5 Å². The van der Waals surface area contributed by atoms with Gasteiger partial charge in [-0.3, -0.25) is 0 Å². The van der Waals surface area contributed by atoms with Crippen LogP contribution in [0.15, 0.2) is 66.7 Å².